The predicted molar refractivity (Wildman–Crippen MR) is 89.5 cm³/mol. The van der Waals surface area contributed by atoms with Crippen LogP contribution in [0.5, 0.6) is 0 Å². The lowest BCUT2D eigenvalue weighted by molar-refractivity contribution is 0.629. The summed E-state index contributed by atoms with van der Waals surface area (Å²) in [5, 5.41) is 17.3. The van der Waals surface area contributed by atoms with Crippen molar-refractivity contribution in [2.75, 3.05) is 0 Å². The molecule has 0 bridgehead atoms. The topological polar surface area (TPSA) is 47.6 Å². The Balaban J connectivity index is 0.000000326. The van der Waals surface area contributed by atoms with Gasteiger partial charge < -0.3 is 0 Å². The van der Waals surface area contributed by atoms with Gasteiger partial charge in [-0.15, -0.1) is 0 Å². The lowest BCUT2D eigenvalue weighted by Crippen LogP contribution is -1.89. The third-order valence-corrected chi connectivity index (χ3v) is 4.05. The van der Waals surface area contributed by atoms with Crippen molar-refractivity contribution >= 4 is 23.2 Å². The average molecular weight is 347 g/mol. The molecule has 0 radical (unpaired) electrons. The van der Waals surface area contributed by atoms with Crippen LogP contribution in [0.4, 0.5) is 4.39 Å². The molecule has 0 heterocycles. The van der Waals surface area contributed by atoms with E-state index in [4.69, 9.17) is 33.7 Å². The predicted octanol–water partition coefficient (Wildman–Crippen LogP) is 5.79. The second-order valence-corrected chi connectivity index (χ2v) is 6.00. The summed E-state index contributed by atoms with van der Waals surface area (Å²) in [6.45, 7) is 0. The van der Waals surface area contributed by atoms with Crippen molar-refractivity contribution in [1.29, 1.82) is 10.5 Å². The normalized spacial score (nSPS) is 12.6. The Labute approximate surface area is 144 Å². The van der Waals surface area contributed by atoms with Crippen LogP contribution < -0.4 is 0 Å². The summed E-state index contributed by atoms with van der Waals surface area (Å²) in [6.07, 6.45) is 2.49. The summed E-state index contributed by atoms with van der Waals surface area (Å²) in [5.41, 5.74) is 1.75. The Hall–Kier alpha value is -2.07. The summed E-state index contributed by atoms with van der Waals surface area (Å²) in [5.74, 6) is 0.0659. The Bertz CT molecular complexity index is 787. The monoisotopic (exact) mass is 346 g/mol. The Morgan fingerprint density at radius 3 is 2.26 bits per heavy atom. The molecular formula is C18H13Cl2FN2. The molecule has 2 aromatic rings. The molecule has 2 nitrogen and oxygen atoms in total. The van der Waals surface area contributed by atoms with Gasteiger partial charge in [-0.1, -0.05) is 41.4 Å². The van der Waals surface area contributed by atoms with Gasteiger partial charge in [-0.2, -0.15) is 10.5 Å². The van der Waals surface area contributed by atoms with Gasteiger partial charge in [0.2, 0.25) is 0 Å². The summed E-state index contributed by atoms with van der Waals surface area (Å²) in [4.78, 5) is 0. The highest BCUT2D eigenvalue weighted by Gasteiger charge is 2.19. The largest absolute Gasteiger partial charge is 0.206 e. The van der Waals surface area contributed by atoms with E-state index in [-0.39, 0.29) is 12.2 Å². The van der Waals surface area contributed by atoms with E-state index in [1.807, 2.05) is 6.07 Å². The first-order valence-corrected chi connectivity index (χ1v) is 7.81. The van der Waals surface area contributed by atoms with E-state index in [0.29, 0.717) is 32.7 Å². The minimum Gasteiger partial charge on any atom is -0.206 e. The van der Waals surface area contributed by atoms with Crippen LogP contribution in [0.1, 0.15) is 18.4 Å². The molecule has 3 rings (SSSR count). The molecule has 1 fully saturated rings. The van der Waals surface area contributed by atoms with E-state index in [1.165, 1.54) is 6.07 Å². The average Bonchev–Trinajstić information content (AvgIpc) is 3.36. The number of halogens is 3. The van der Waals surface area contributed by atoms with E-state index >= 15 is 0 Å². The molecule has 1 aliphatic carbocycles. The molecule has 0 spiro atoms. The van der Waals surface area contributed by atoms with Crippen LogP contribution >= 0.6 is 23.2 Å². The second kappa shape index (κ2) is 7.97. The van der Waals surface area contributed by atoms with Crippen molar-refractivity contribution in [2.45, 2.75) is 19.3 Å². The Morgan fingerprint density at radius 1 is 1.04 bits per heavy atom. The standard InChI is InChI=1S/C14H8Cl2FN.C4H5N/c15-12-4-2-10(8-13(12)16)11-3-1-9(5-6-18)7-14(11)17;5-3-4-1-2-4/h1-4,7-8H,5H2;4H,1-2H2. The first-order chi connectivity index (χ1) is 11.0. The van der Waals surface area contributed by atoms with Crippen LogP contribution in [0.3, 0.4) is 0 Å². The quantitative estimate of drug-likeness (QED) is 0.691. The maximum absolute atomic E-state index is 13.9. The molecule has 2 aromatic carbocycles. The highest BCUT2D eigenvalue weighted by molar-refractivity contribution is 6.42. The van der Waals surface area contributed by atoms with Crippen molar-refractivity contribution in [3.8, 4) is 23.3 Å². The van der Waals surface area contributed by atoms with Gasteiger partial charge in [0, 0.05) is 11.5 Å². The molecule has 0 saturated heterocycles. The van der Waals surface area contributed by atoms with Gasteiger partial charge in [-0.05, 0) is 42.2 Å². The highest BCUT2D eigenvalue weighted by atomic mass is 35.5. The van der Waals surface area contributed by atoms with Crippen LogP contribution in [0.25, 0.3) is 11.1 Å². The number of nitriles is 2. The molecule has 0 amide bonds. The Kier molecular flexibility index (Phi) is 5.99. The van der Waals surface area contributed by atoms with Crippen molar-refractivity contribution < 1.29 is 4.39 Å². The molecule has 0 atom stereocenters. The highest BCUT2D eigenvalue weighted by Crippen LogP contribution is 2.30. The third-order valence-electron chi connectivity index (χ3n) is 3.31. The van der Waals surface area contributed by atoms with E-state index in [1.54, 1.807) is 30.3 Å². The van der Waals surface area contributed by atoms with Crippen molar-refractivity contribution in [3.63, 3.8) is 0 Å². The number of nitrogens with zero attached hydrogens (tertiary/aromatic N) is 2. The van der Waals surface area contributed by atoms with Crippen LogP contribution in [0.2, 0.25) is 10.0 Å². The summed E-state index contributed by atoms with van der Waals surface area (Å²) >= 11 is 11.7. The lowest BCUT2D eigenvalue weighted by atomic mass is 10.0. The molecule has 1 aliphatic rings. The van der Waals surface area contributed by atoms with Gasteiger partial charge in [0.05, 0.1) is 28.6 Å². The fourth-order valence-electron chi connectivity index (χ4n) is 1.87. The number of rotatable bonds is 2. The fourth-order valence-corrected chi connectivity index (χ4v) is 2.17. The zero-order valence-corrected chi connectivity index (χ0v) is 13.7. The van der Waals surface area contributed by atoms with E-state index in [9.17, 15) is 4.39 Å². The number of benzene rings is 2. The fraction of sp³-hybridized carbons (Fsp3) is 0.222. The van der Waals surface area contributed by atoms with Gasteiger partial charge in [0.1, 0.15) is 5.82 Å². The Morgan fingerprint density at radius 2 is 1.78 bits per heavy atom. The molecule has 23 heavy (non-hydrogen) atoms. The zero-order valence-electron chi connectivity index (χ0n) is 12.2. The van der Waals surface area contributed by atoms with Crippen LogP contribution in [0.15, 0.2) is 36.4 Å². The van der Waals surface area contributed by atoms with Crippen molar-refractivity contribution in [3.05, 3.63) is 57.8 Å². The van der Waals surface area contributed by atoms with E-state index < -0.39 is 0 Å². The van der Waals surface area contributed by atoms with Crippen LogP contribution in [-0.4, -0.2) is 0 Å². The molecule has 1 saturated carbocycles. The van der Waals surface area contributed by atoms with Gasteiger partial charge in [0.15, 0.2) is 0 Å². The van der Waals surface area contributed by atoms with E-state index in [2.05, 4.69) is 6.07 Å². The van der Waals surface area contributed by atoms with Crippen molar-refractivity contribution in [1.82, 2.24) is 0 Å². The van der Waals surface area contributed by atoms with E-state index in [0.717, 1.165) is 12.8 Å². The first-order valence-electron chi connectivity index (χ1n) is 7.05. The molecule has 0 aliphatic heterocycles. The van der Waals surface area contributed by atoms with Gasteiger partial charge in [-0.25, -0.2) is 4.39 Å². The zero-order chi connectivity index (χ0) is 16.8. The van der Waals surface area contributed by atoms with Gasteiger partial charge >= 0.3 is 0 Å². The molecule has 0 N–H and O–H groups in total. The van der Waals surface area contributed by atoms with Crippen LogP contribution in [0, 0.1) is 34.4 Å². The summed E-state index contributed by atoms with van der Waals surface area (Å²) < 4.78 is 13.9. The maximum Gasteiger partial charge on any atom is 0.131 e. The second-order valence-electron chi connectivity index (χ2n) is 5.18. The van der Waals surface area contributed by atoms with Gasteiger partial charge in [-0.3, -0.25) is 0 Å². The molecular weight excluding hydrogens is 334 g/mol. The smallest absolute Gasteiger partial charge is 0.131 e. The van der Waals surface area contributed by atoms with Gasteiger partial charge in [0.25, 0.3) is 0 Å². The SMILES string of the molecule is N#CC1CC1.N#CCc1ccc(-c2ccc(Cl)c(Cl)c2)c(F)c1. The van der Waals surface area contributed by atoms with Crippen LogP contribution in [-0.2, 0) is 6.42 Å². The van der Waals surface area contributed by atoms with Crippen molar-refractivity contribution in [2.24, 2.45) is 5.92 Å². The summed E-state index contributed by atoms with van der Waals surface area (Å²) in [7, 11) is 0. The third kappa shape index (κ3) is 4.96. The minimum absolute atomic E-state index is 0.193. The molecule has 0 unspecified atom stereocenters. The number of hydrogen-bond acceptors (Lipinski definition) is 2. The molecule has 116 valence electrons. The maximum atomic E-state index is 13.9. The minimum atomic E-state index is -0.374. The molecule has 5 heteroatoms. The first kappa shape index (κ1) is 17.3. The number of hydrogen-bond donors (Lipinski definition) is 0. The summed E-state index contributed by atoms with van der Waals surface area (Å²) in [6, 6.07) is 13.8. The lowest BCUT2D eigenvalue weighted by Gasteiger charge is -2.06. The molecule has 0 aromatic heterocycles.